The second-order valence-electron chi connectivity index (χ2n) is 5.98. The third-order valence-corrected chi connectivity index (χ3v) is 4.93. The maximum atomic E-state index is 13.0. The van der Waals surface area contributed by atoms with Crippen LogP contribution in [0.15, 0.2) is 34.4 Å². The summed E-state index contributed by atoms with van der Waals surface area (Å²) in [5, 5.41) is 2.71. The molecule has 0 unspecified atom stereocenters. The van der Waals surface area contributed by atoms with E-state index in [2.05, 4.69) is 9.88 Å². The van der Waals surface area contributed by atoms with Crippen molar-refractivity contribution in [2.24, 2.45) is 0 Å². The molecule has 0 saturated carbocycles. The third kappa shape index (κ3) is 3.07. The van der Waals surface area contributed by atoms with Crippen molar-refractivity contribution in [1.82, 2.24) is 14.5 Å². The Morgan fingerprint density at radius 2 is 1.96 bits per heavy atom. The lowest BCUT2D eigenvalue weighted by Crippen LogP contribution is -2.29. The lowest BCUT2D eigenvalue weighted by Gasteiger charge is -2.13. The molecule has 6 heteroatoms. The van der Waals surface area contributed by atoms with Gasteiger partial charge in [0.15, 0.2) is 0 Å². The maximum absolute atomic E-state index is 13.0. The van der Waals surface area contributed by atoms with Crippen molar-refractivity contribution >= 4 is 21.6 Å². The van der Waals surface area contributed by atoms with Gasteiger partial charge in [-0.05, 0) is 38.7 Å². The summed E-state index contributed by atoms with van der Waals surface area (Å²) in [6.07, 6.45) is 0. The van der Waals surface area contributed by atoms with Crippen LogP contribution in [0, 0.1) is 6.92 Å². The Labute approximate surface area is 145 Å². The summed E-state index contributed by atoms with van der Waals surface area (Å²) in [5.74, 6) is 1.56. The van der Waals surface area contributed by atoms with Crippen LogP contribution >= 0.6 is 11.3 Å². The number of ether oxygens (including phenoxy) is 1. The Balaban J connectivity index is 2.12. The first-order chi connectivity index (χ1) is 11.5. The molecule has 0 saturated heterocycles. The van der Waals surface area contributed by atoms with Crippen LogP contribution < -0.4 is 10.3 Å². The molecule has 3 aromatic rings. The molecule has 0 aliphatic rings. The molecule has 0 radical (unpaired) electrons. The van der Waals surface area contributed by atoms with Gasteiger partial charge >= 0.3 is 0 Å². The minimum Gasteiger partial charge on any atom is -0.497 e. The minimum atomic E-state index is 0.0337. The number of aromatic nitrogens is 2. The highest BCUT2D eigenvalue weighted by molar-refractivity contribution is 7.17. The summed E-state index contributed by atoms with van der Waals surface area (Å²) >= 11 is 1.51. The summed E-state index contributed by atoms with van der Waals surface area (Å²) in [6, 6.07) is 7.77. The normalized spacial score (nSPS) is 11.4. The summed E-state index contributed by atoms with van der Waals surface area (Å²) in [7, 11) is 5.64. The average molecular weight is 343 g/mol. The Morgan fingerprint density at radius 3 is 2.58 bits per heavy atom. The van der Waals surface area contributed by atoms with E-state index in [4.69, 9.17) is 4.74 Å². The number of thiophene rings is 1. The SMILES string of the molecule is COc1ccc(-c2csc3nc(C)n(CCN(C)C)c(=O)c23)cc1. The Morgan fingerprint density at radius 1 is 1.25 bits per heavy atom. The van der Waals surface area contributed by atoms with Crippen molar-refractivity contribution in [2.75, 3.05) is 27.7 Å². The van der Waals surface area contributed by atoms with Gasteiger partial charge in [0, 0.05) is 24.0 Å². The van der Waals surface area contributed by atoms with Gasteiger partial charge in [0.25, 0.3) is 5.56 Å². The van der Waals surface area contributed by atoms with Gasteiger partial charge in [-0.2, -0.15) is 0 Å². The first-order valence-corrected chi connectivity index (χ1v) is 8.67. The Hall–Kier alpha value is -2.18. The highest BCUT2D eigenvalue weighted by atomic mass is 32.1. The quantitative estimate of drug-likeness (QED) is 0.714. The molecule has 5 nitrogen and oxygen atoms in total. The molecule has 2 heterocycles. The highest BCUT2D eigenvalue weighted by Gasteiger charge is 2.15. The van der Waals surface area contributed by atoms with Crippen LogP contribution in [0.1, 0.15) is 5.82 Å². The fraction of sp³-hybridized carbons (Fsp3) is 0.333. The van der Waals surface area contributed by atoms with Crippen molar-refractivity contribution in [2.45, 2.75) is 13.5 Å². The van der Waals surface area contributed by atoms with E-state index in [1.165, 1.54) is 11.3 Å². The van der Waals surface area contributed by atoms with Gasteiger partial charge in [0.2, 0.25) is 0 Å². The lowest BCUT2D eigenvalue weighted by molar-refractivity contribution is 0.378. The molecule has 1 aromatic carbocycles. The second-order valence-corrected chi connectivity index (χ2v) is 6.84. The largest absolute Gasteiger partial charge is 0.497 e. The fourth-order valence-corrected chi connectivity index (χ4v) is 3.66. The van der Waals surface area contributed by atoms with E-state index < -0.39 is 0 Å². The van der Waals surface area contributed by atoms with Gasteiger partial charge in [0.05, 0.1) is 12.5 Å². The topological polar surface area (TPSA) is 47.4 Å². The van der Waals surface area contributed by atoms with Gasteiger partial charge in [-0.1, -0.05) is 12.1 Å². The molecule has 0 spiro atoms. The van der Waals surface area contributed by atoms with E-state index >= 15 is 0 Å². The molecule has 0 bridgehead atoms. The summed E-state index contributed by atoms with van der Waals surface area (Å²) < 4.78 is 6.97. The second kappa shape index (κ2) is 6.75. The molecule has 0 atom stereocenters. The number of hydrogen-bond donors (Lipinski definition) is 0. The zero-order valence-electron chi connectivity index (χ0n) is 14.4. The van der Waals surface area contributed by atoms with Crippen LogP contribution in [0.25, 0.3) is 21.3 Å². The van der Waals surface area contributed by atoms with Gasteiger partial charge < -0.3 is 9.64 Å². The van der Waals surface area contributed by atoms with Crippen LogP contribution in [-0.2, 0) is 6.54 Å². The smallest absolute Gasteiger partial charge is 0.262 e. The van der Waals surface area contributed by atoms with Crippen molar-refractivity contribution in [1.29, 1.82) is 0 Å². The van der Waals surface area contributed by atoms with Crippen LogP contribution in [0.2, 0.25) is 0 Å². The molecular weight excluding hydrogens is 322 g/mol. The third-order valence-electron chi connectivity index (χ3n) is 4.06. The van der Waals surface area contributed by atoms with Crippen molar-refractivity contribution in [3.8, 4) is 16.9 Å². The zero-order chi connectivity index (χ0) is 17.3. The minimum absolute atomic E-state index is 0.0337. The predicted octanol–water partition coefficient (Wildman–Crippen LogP) is 3.00. The summed E-state index contributed by atoms with van der Waals surface area (Å²) in [6.45, 7) is 3.33. The first kappa shape index (κ1) is 16.7. The number of methoxy groups -OCH3 is 1. The van der Waals surface area contributed by atoms with E-state index in [0.717, 1.165) is 34.1 Å². The number of hydrogen-bond acceptors (Lipinski definition) is 5. The van der Waals surface area contributed by atoms with E-state index in [1.807, 2.05) is 50.7 Å². The molecule has 2 aromatic heterocycles. The molecule has 0 aliphatic heterocycles. The number of likely N-dealkylation sites (N-methyl/N-ethyl adjacent to an activating group) is 1. The molecule has 0 N–H and O–H groups in total. The molecule has 24 heavy (non-hydrogen) atoms. The van der Waals surface area contributed by atoms with E-state index in [1.54, 1.807) is 11.7 Å². The van der Waals surface area contributed by atoms with Crippen molar-refractivity contribution in [3.63, 3.8) is 0 Å². The molecular formula is C18H21N3O2S. The summed E-state index contributed by atoms with van der Waals surface area (Å²) in [5.41, 5.74) is 1.98. The standard InChI is InChI=1S/C18H21N3O2S/c1-12-19-17-16(18(22)21(12)10-9-20(2)3)15(11-24-17)13-5-7-14(23-4)8-6-13/h5-8,11H,9-10H2,1-4H3. The average Bonchev–Trinajstić information content (AvgIpc) is 2.98. The molecule has 126 valence electrons. The van der Waals surface area contributed by atoms with E-state index in [0.29, 0.717) is 11.9 Å². The number of rotatable bonds is 5. The summed E-state index contributed by atoms with van der Waals surface area (Å²) in [4.78, 5) is 20.5. The number of aryl methyl sites for hydroxylation is 1. The van der Waals surface area contributed by atoms with Crippen LogP contribution in [0.5, 0.6) is 5.75 Å². The maximum Gasteiger partial charge on any atom is 0.262 e. The van der Waals surface area contributed by atoms with Gasteiger partial charge in [0.1, 0.15) is 16.4 Å². The Kier molecular flexibility index (Phi) is 4.69. The highest BCUT2D eigenvalue weighted by Crippen LogP contribution is 2.31. The van der Waals surface area contributed by atoms with Gasteiger partial charge in [-0.15, -0.1) is 11.3 Å². The van der Waals surface area contributed by atoms with Crippen LogP contribution in [-0.4, -0.2) is 42.2 Å². The van der Waals surface area contributed by atoms with E-state index in [9.17, 15) is 4.79 Å². The molecule has 0 aliphatic carbocycles. The lowest BCUT2D eigenvalue weighted by atomic mass is 10.1. The number of benzene rings is 1. The van der Waals surface area contributed by atoms with Crippen LogP contribution in [0.3, 0.4) is 0 Å². The molecule has 3 rings (SSSR count). The van der Waals surface area contributed by atoms with Crippen molar-refractivity contribution in [3.05, 3.63) is 45.8 Å². The van der Waals surface area contributed by atoms with E-state index in [-0.39, 0.29) is 5.56 Å². The number of fused-ring (bicyclic) bond motifs is 1. The predicted molar refractivity (Wildman–Crippen MR) is 99.2 cm³/mol. The van der Waals surface area contributed by atoms with Crippen molar-refractivity contribution < 1.29 is 4.74 Å². The fourth-order valence-electron chi connectivity index (χ4n) is 2.67. The zero-order valence-corrected chi connectivity index (χ0v) is 15.2. The number of nitrogens with zero attached hydrogens (tertiary/aromatic N) is 3. The van der Waals surface area contributed by atoms with Gasteiger partial charge in [-0.3, -0.25) is 9.36 Å². The first-order valence-electron chi connectivity index (χ1n) is 7.79. The van der Waals surface area contributed by atoms with Gasteiger partial charge in [-0.25, -0.2) is 4.98 Å². The molecule has 0 fully saturated rings. The van der Waals surface area contributed by atoms with Crippen LogP contribution in [0.4, 0.5) is 0 Å². The monoisotopic (exact) mass is 343 g/mol. The Bertz CT molecular complexity index is 910. The molecule has 0 amide bonds.